The van der Waals surface area contributed by atoms with Crippen LogP contribution in [0.1, 0.15) is 24.5 Å². The monoisotopic (exact) mass is 351 g/mol. The van der Waals surface area contributed by atoms with Gasteiger partial charge in [0, 0.05) is 13.1 Å². The molecule has 2 rings (SSSR count). The Bertz CT molecular complexity index is 745. The fourth-order valence-corrected chi connectivity index (χ4v) is 4.21. The van der Waals surface area contributed by atoms with Crippen molar-refractivity contribution in [1.82, 2.24) is 4.31 Å². The number of carboxylic acid groups (broad SMARTS) is 1. The van der Waals surface area contributed by atoms with Gasteiger partial charge in [-0.3, -0.25) is 4.79 Å². The molecule has 0 radical (unpaired) electrons. The summed E-state index contributed by atoms with van der Waals surface area (Å²) < 4.78 is 64.3. The van der Waals surface area contributed by atoms with E-state index in [1.807, 2.05) is 0 Å². The van der Waals surface area contributed by atoms with Crippen molar-refractivity contribution in [3.8, 4) is 0 Å². The van der Waals surface area contributed by atoms with Crippen molar-refractivity contribution in [3.05, 3.63) is 29.3 Å². The Morgan fingerprint density at radius 1 is 1.35 bits per heavy atom. The molecule has 1 fully saturated rings. The van der Waals surface area contributed by atoms with Gasteiger partial charge in [0.2, 0.25) is 10.0 Å². The summed E-state index contributed by atoms with van der Waals surface area (Å²) in [5, 5.41) is 9.15. The Labute approximate surface area is 131 Å². The van der Waals surface area contributed by atoms with Gasteiger partial charge in [0.25, 0.3) is 0 Å². The molecule has 0 amide bonds. The molecule has 23 heavy (non-hydrogen) atoms. The van der Waals surface area contributed by atoms with Crippen LogP contribution >= 0.6 is 0 Å². The van der Waals surface area contributed by atoms with Gasteiger partial charge in [-0.25, -0.2) is 8.42 Å². The van der Waals surface area contributed by atoms with Gasteiger partial charge in [-0.1, -0.05) is 0 Å². The molecule has 0 saturated carbocycles. The van der Waals surface area contributed by atoms with Crippen molar-refractivity contribution >= 4 is 16.0 Å². The van der Waals surface area contributed by atoms with Crippen LogP contribution in [0.2, 0.25) is 0 Å². The van der Waals surface area contributed by atoms with E-state index >= 15 is 0 Å². The first-order valence-corrected chi connectivity index (χ1v) is 8.23. The van der Waals surface area contributed by atoms with E-state index in [0.29, 0.717) is 0 Å². The zero-order valence-electron chi connectivity index (χ0n) is 12.5. The molecule has 0 spiro atoms. The predicted octanol–water partition coefficient (Wildman–Crippen LogP) is 2.50. The van der Waals surface area contributed by atoms with Crippen LogP contribution in [0.4, 0.5) is 13.2 Å². The molecule has 1 unspecified atom stereocenters. The quantitative estimate of drug-likeness (QED) is 0.908. The number of sulfonamides is 1. The molecule has 0 bridgehead atoms. The highest BCUT2D eigenvalue weighted by atomic mass is 32.2. The molecule has 1 N–H and O–H groups in total. The van der Waals surface area contributed by atoms with Gasteiger partial charge in [-0.05, 0) is 44.0 Å². The number of hydrogen-bond donors (Lipinski definition) is 1. The summed E-state index contributed by atoms with van der Waals surface area (Å²) in [6, 6.07) is 2.60. The summed E-state index contributed by atoms with van der Waals surface area (Å²) in [6.07, 6.45) is -4.40. The second-order valence-corrected chi connectivity index (χ2v) is 7.87. The Balaban J connectivity index is 2.35. The summed E-state index contributed by atoms with van der Waals surface area (Å²) in [4.78, 5) is 10.9. The van der Waals surface area contributed by atoms with E-state index in [0.717, 1.165) is 22.5 Å². The second-order valence-electron chi connectivity index (χ2n) is 5.93. The van der Waals surface area contributed by atoms with E-state index in [-0.39, 0.29) is 30.0 Å². The maximum absolute atomic E-state index is 12.7. The molecule has 1 aliphatic heterocycles. The molecule has 1 saturated heterocycles. The summed E-state index contributed by atoms with van der Waals surface area (Å²) in [5.74, 6) is -1.10. The lowest BCUT2D eigenvalue weighted by atomic mass is 9.90. The minimum atomic E-state index is -4.55. The van der Waals surface area contributed by atoms with Crippen LogP contribution in [-0.2, 0) is 21.0 Å². The average molecular weight is 351 g/mol. The molecule has 9 heteroatoms. The largest absolute Gasteiger partial charge is 0.481 e. The number of benzene rings is 1. The van der Waals surface area contributed by atoms with Crippen LogP contribution in [0.3, 0.4) is 0 Å². The van der Waals surface area contributed by atoms with Gasteiger partial charge in [-0.15, -0.1) is 0 Å². The first-order chi connectivity index (χ1) is 10.4. The van der Waals surface area contributed by atoms with Gasteiger partial charge < -0.3 is 5.11 Å². The van der Waals surface area contributed by atoms with Gasteiger partial charge in [0.1, 0.15) is 0 Å². The highest BCUT2D eigenvalue weighted by Gasteiger charge is 2.45. The maximum atomic E-state index is 12.7. The lowest BCUT2D eigenvalue weighted by Gasteiger charge is -2.20. The minimum absolute atomic E-state index is 0.0191. The zero-order valence-corrected chi connectivity index (χ0v) is 13.3. The highest BCUT2D eigenvalue weighted by molar-refractivity contribution is 7.89. The molecule has 0 aromatic heterocycles. The van der Waals surface area contributed by atoms with E-state index in [2.05, 4.69) is 0 Å². The predicted molar refractivity (Wildman–Crippen MR) is 75.3 cm³/mol. The number of aliphatic carboxylic acids is 1. The van der Waals surface area contributed by atoms with E-state index in [9.17, 15) is 26.4 Å². The van der Waals surface area contributed by atoms with Crippen molar-refractivity contribution < 1.29 is 31.5 Å². The van der Waals surface area contributed by atoms with Gasteiger partial charge >= 0.3 is 12.1 Å². The highest BCUT2D eigenvalue weighted by Crippen LogP contribution is 2.36. The third-order valence-corrected chi connectivity index (χ3v) is 5.94. The Kier molecular flexibility index (Phi) is 4.23. The first kappa shape index (κ1) is 17.7. The van der Waals surface area contributed by atoms with E-state index in [1.165, 1.54) is 13.8 Å². The van der Waals surface area contributed by atoms with Crippen molar-refractivity contribution in [3.63, 3.8) is 0 Å². The molecule has 1 aliphatic rings. The average Bonchev–Trinajstić information content (AvgIpc) is 2.82. The summed E-state index contributed by atoms with van der Waals surface area (Å²) in [6.45, 7) is 2.45. The normalized spacial score (nSPS) is 23.2. The van der Waals surface area contributed by atoms with Gasteiger partial charge in [0.05, 0.1) is 15.9 Å². The number of aryl methyl sites for hydroxylation is 1. The van der Waals surface area contributed by atoms with E-state index < -0.39 is 33.1 Å². The summed E-state index contributed by atoms with van der Waals surface area (Å²) >= 11 is 0. The molecular weight excluding hydrogens is 335 g/mol. The summed E-state index contributed by atoms with van der Waals surface area (Å²) in [5.41, 5.74) is -2.28. The van der Waals surface area contributed by atoms with E-state index in [1.54, 1.807) is 0 Å². The number of carboxylic acids is 1. The molecule has 1 aromatic rings. The minimum Gasteiger partial charge on any atom is -0.481 e. The SMILES string of the molecule is Cc1cc(S(=O)(=O)N2CCC(C)(C(=O)O)C2)ccc1C(F)(F)F. The van der Waals surface area contributed by atoms with Crippen LogP contribution in [-0.4, -0.2) is 36.9 Å². The van der Waals surface area contributed by atoms with Gasteiger partial charge in [-0.2, -0.15) is 17.5 Å². The zero-order chi connectivity index (χ0) is 17.6. The number of rotatable bonds is 3. The van der Waals surface area contributed by atoms with Crippen molar-refractivity contribution in [2.75, 3.05) is 13.1 Å². The maximum Gasteiger partial charge on any atom is 0.416 e. The Hall–Kier alpha value is -1.61. The standard InChI is InChI=1S/C14H16F3NO4S/c1-9-7-10(3-4-11(9)14(15,16)17)23(21,22)18-6-5-13(2,8-18)12(19)20/h3-4,7H,5-6,8H2,1-2H3,(H,19,20). The van der Waals surface area contributed by atoms with Crippen LogP contribution in [0, 0.1) is 12.3 Å². The van der Waals surface area contributed by atoms with Crippen molar-refractivity contribution in [2.45, 2.75) is 31.3 Å². The number of nitrogens with zero attached hydrogens (tertiary/aromatic N) is 1. The first-order valence-electron chi connectivity index (χ1n) is 6.79. The van der Waals surface area contributed by atoms with Crippen molar-refractivity contribution in [1.29, 1.82) is 0 Å². The number of carbonyl (C=O) groups is 1. The van der Waals surface area contributed by atoms with E-state index in [4.69, 9.17) is 5.11 Å². The van der Waals surface area contributed by atoms with Crippen LogP contribution < -0.4 is 0 Å². The number of alkyl halides is 3. The lowest BCUT2D eigenvalue weighted by Crippen LogP contribution is -2.35. The topological polar surface area (TPSA) is 74.7 Å². The molecule has 1 atom stereocenters. The Morgan fingerprint density at radius 3 is 2.39 bits per heavy atom. The fraction of sp³-hybridized carbons (Fsp3) is 0.500. The molecule has 128 valence electrons. The second kappa shape index (κ2) is 5.48. The van der Waals surface area contributed by atoms with Crippen molar-refractivity contribution in [2.24, 2.45) is 5.41 Å². The molecule has 5 nitrogen and oxygen atoms in total. The van der Waals surface area contributed by atoms with Crippen LogP contribution in [0.25, 0.3) is 0 Å². The van der Waals surface area contributed by atoms with Crippen LogP contribution in [0.15, 0.2) is 23.1 Å². The molecular formula is C14H16F3NO4S. The third kappa shape index (κ3) is 3.20. The van der Waals surface area contributed by atoms with Gasteiger partial charge in [0.15, 0.2) is 0 Å². The molecule has 1 heterocycles. The fourth-order valence-electron chi connectivity index (χ4n) is 2.56. The molecule has 0 aliphatic carbocycles. The number of hydrogen-bond acceptors (Lipinski definition) is 3. The van der Waals surface area contributed by atoms with Crippen LogP contribution in [0.5, 0.6) is 0 Å². The Morgan fingerprint density at radius 2 is 1.96 bits per heavy atom. The smallest absolute Gasteiger partial charge is 0.416 e. The lowest BCUT2D eigenvalue weighted by molar-refractivity contribution is -0.147. The number of halogens is 3. The third-order valence-electron chi connectivity index (χ3n) is 4.10. The summed E-state index contributed by atoms with van der Waals surface area (Å²) in [7, 11) is -4.03. The molecule has 1 aromatic carbocycles.